The summed E-state index contributed by atoms with van der Waals surface area (Å²) in [7, 11) is 1.62. The number of piperazine rings is 1. The molecule has 1 atom stereocenters. The van der Waals surface area contributed by atoms with E-state index in [2.05, 4.69) is 10.7 Å². The molecule has 2 amide bonds. The first-order chi connectivity index (χ1) is 11.7. The molecule has 0 radical (unpaired) electrons. The molecule has 1 fully saturated rings. The van der Waals surface area contributed by atoms with E-state index in [0.717, 1.165) is 11.3 Å². The van der Waals surface area contributed by atoms with Gasteiger partial charge in [0, 0.05) is 32.3 Å². The third-order valence-corrected chi connectivity index (χ3v) is 3.87. The van der Waals surface area contributed by atoms with Crippen molar-refractivity contribution in [3.63, 3.8) is 0 Å². The molecule has 1 aliphatic rings. The summed E-state index contributed by atoms with van der Waals surface area (Å²) in [5, 5.41) is 2.78. The molecule has 1 aromatic carbocycles. The second-order valence-electron chi connectivity index (χ2n) is 5.50. The van der Waals surface area contributed by atoms with E-state index in [9.17, 15) is 9.59 Å². The number of nitrogens with two attached hydrogens (primary N) is 1. The minimum Gasteiger partial charge on any atom is -0.491 e. The second-order valence-corrected chi connectivity index (χ2v) is 5.50. The third kappa shape index (κ3) is 4.92. The van der Waals surface area contributed by atoms with E-state index < -0.39 is 6.04 Å². The molecule has 1 unspecified atom stereocenters. The van der Waals surface area contributed by atoms with Crippen LogP contribution in [0.1, 0.15) is 12.0 Å². The maximum absolute atomic E-state index is 12.1. The van der Waals surface area contributed by atoms with Crippen molar-refractivity contribution in [2.24, 2.45) is 5.84 Å². The smallest absolute Gasteiger partial charge is 0.237 e. The molecule has 8 nitrogen and oxygen atoms in total. The molecule has 2 rings (SSSR count). The normalized spacial score (nSPS) is 18.1. The lowest BCUT2D eigenvalue weighted by Gasteiger charge is -2.34. The zero-order chi connectivity index (χ0) is 17.4. The van der Waals surface area contributed by atoms with Crippen LogP contribution in [-0.4, -0.2) is 56.2 Å². The Bertz CT molecular complexity index is 567. The Balaban J connectivity index is 2.09. The van der Waals surface area contributed by atoms with Gasteiger partial charge in [0.25, 0.3) is 0 Å². The molecule has 1 heterocycles. The van der Waals surface area contributed by atoms with Crippen LogP contribution in [0.15, 0.2) is 24.3 Å². The highest BCUT2D eigenvalue weighted by Gasteiger charge is 2.31. The van der Waals surface area contributed by atoms with Gasteiger partial charge in [-0.15, -0.1) is 0 Å². The predicted molar refractivity (Wildman–Crippen MR) is 88.0 cm³/mol. The van der Waals surface area contributed by atoms with Gasteiger partial charge in [-0.05, 0) is 6.07 Å². The molecule has 0 aromatic heterocycles. The van der Waals surface area contributed by atoms with E-state index >= 15 is 0 Å². The summed E-state index contributed by atoms with van der Waals surface area (Å²) in [4.78, 5) is 25.7. The number of para-hydroxylation sites is 1. The Morgan fingerprint density at radius 3 is 2.96 bits per heavy atom. The number of hydrogen-bond donors (Lipinski definition) is 3. The average molecular weight is 336 g/mol. The number of carbonyl (C=O) groups is 2. The number of hydrogen-bond acceptors (Lipinski definition) is 6. The summed E-state index contributed by atoms with van der Waals surface area (Å²) in [6.07, 6.45) is 0.0228. The Morgan fingerprint density at radius 1 is 1.42 bits per heavy atom. The van der Waals surface area contributed by atoms with Gasteiger partial charge >= 0.3 is 0 Å². The van der Waals surface area contributed by atoms with Gasteiger partial charge < -0.3 is 14.8 Å². The van der Waals surface area contributed by atoms with Crippen molar-refractivity contribution in [3.8, 4) is 5.75 Å². The topological polar surface area (TPSA) is 106 Å². The fourth-order valence-electron chi connectivity index (χ4n) is 2.64. The number of nitrogens with zero attached hydrogens (tertiary/aromatic N) is 1. The summed E-state index contributed by atoms with van der Waals surface area (Å²) < 4.78 is 10.7. The zero-order valence-electron chi connectivity index (χ0n) is 13.8. The van der Waals surface area contributed by atoms with Crippen molar-refractivity contribution < 1.29 is 19.1 Å². The number of hydrazine groups is 1. The Kier molecular flexibility index (Phi) is 6.98. The highest BCUT2D eigenvalue weighted by molar-refractivity contribution is 5.88. The van der Waals surface area contributed by atoms with Crippen LogP contribution in [0.3, 0.4) is 0 Å². The van der Waals surface area contributed by atoms with Gasteiger partial charge in [0.05, 0.1) is 19.1 Å². The van der Waals surface area contributed by atoms with Gasteiger partial charge in [0.1, 0.15) is 12.4 Å². The van der Waals surface area contributed by atoms with Crippen molar-refractivity contribution in [2.75, 3.05) is 33.4 Å². The van der Waals surface area contributed by atoms with E-state index in [1.807, 2.05) is 29.2 Å². The maximum atomic E-state index is 12.1. The van der Waals surface area contributed by atoms with Crippen molar-refractivity contribution in [3.05, 3.63) is 29.8 Å². The Labute approximate surface area is 141 Å². The molecule has 132 valence electrons. The maximum Gasteiger partial charge on any atom is 0.237 e. The van der Waals surface area contributed by atoms with Crippen molar-refractivity contribution in [1.29, 1.82) is 0 Å². The summed E-state index contributed by atoms with van der Waals surface area (Å²) in [5.74, 6) is 5.36. The SMILES string of the molecule is COCCOc1ccccc1CN1CCNC(=O)C1CC(=O)NN. The van der Waals surface area contributed by atoms with E-state index in [-0.39, 0.29) is 18.2 Å². The number of amides is 2. The molecule has 1 saturated heterocycles. The summed E-state index contributed by atoms with van der Waals surface area (Å²) >= 11 is 0. The average Bonchev–Trinajstić information content (AvgIpc) is 2.59. The molecule has 24 heavy (non-hydrogen) atoms. The fourth-order valence-corrected chi connectivity index (χ4v) is 2.64. The largest absolute Gasteiger partial charge is 0.491 e. The molecular formula is C16H24N4O4. The van der Waals surface area contributed by atoms with E-state index in [1.165, 1.54) is 0 Å². The standard InChI is InChI=1S/C16H24N4O4/c1-23-8-9-24-14-5-3-2-4-12(14)11-20-7-6-18-16(22)13(20)10-15(21)19-17/h2-5,13H,6-11,17H2,1H3,(H,18,22)(H,19,21). The zero-order valence-corrected chi connectivity index (χ0v) is 13.8. The molecule has 1 aromatic rings. The third-order valence-electron chi connectivity index (χ3n) is 3.87. The molecular weight excluding hydrogens is 312 g/mol. The lowest BCUT2D eigenvalue weighted by Crippen LogP contribution is -2.56. The van der Waals surface area contributed by atoms with Gasteiger partial charge in [0.2, 0.25) is 11.8 Å². The first-order valence-corrected chi connectivity index (χ1v) is 7.86. The number of ether oxygens (including phenoxy) is 2. The van der Waals surface area contributed by atoms with Crippen LogP contribution in [0.2, 0.25) is 0 Å². The molecule has 0 spiro atoms. The quantitative estimate of drug-likeness (QED) is 0.253. The van der Waals surface area contributed by atoms with Crippen LogP contribution in [-0.2, 0) is 20.9 Å². The van der Waals surface area contributed by atoms with E-state index in [4.69, 9.17) is 15.3 Å². The van der Waals surface area contributed by atoms with Gasteiger partial charge in [0.15, 0.2) is 0 Å². The molecule has 1 aliphatic heterocycles. The number of methoxy groups -OCH3 is 1. The van der Waals surface area contributed by atoms with Crippen molar-refractivity contribution in [1.82, 2.24) is 15.6 Å². The lowest BCUT2D eigenvalue weighted by molar-refractivity contribution is -0.134. The van der Waals surface area contributed by atoms with Crippen LogP contribution in [0.5, 0.6) is 5.75 Å². The number of benzene rings is 1. The first kappa shape index (κ1) is 18.2. The predicted octanol–water partition coefficient (Wildman–Crippen LogP) is -0.608. The van der Waals surface area contributed by atoms with Gasteiger partial charge in [-0.2, -0.15) is 0 Å². The monoisotopic (exact) mass is 336 g/mol. The highest BCUT2D eigenvalue weighted by Crippen LogP contribution is 2.22. The lowest BCUT2D eigenvalue weighted by atomic mass is 10.1. The minimum atomic E-state index is -0.547. The summed E-state index contributed by atoms with van der Waals surface area (Å²) in [6, 6.07) is 7.11. The molecule has 0 aliphatic carbocycles. The van der Waals surface area contributed by atoms with Crippen LogP contribution < -0.4 is 21.3 Å². The number of nitrogens with one attached hydrogen (secondary N) is 2. The number of carbonyl (C=O) groups excluding carboxylic acids is 2. The van der Waals surface area contributed by atoms with E-state index in [1.54, 1.807) is 7.11 Å². The van der Waals surface area contributed by atoms with Crippen LogP contribution >= 0.6 is 0 Å². The summed E-state index contributed by atoms with van der Waals surface area (Å²) in [5.41, 5.74) is 3.04. The molecule has 8 heteroatoms. The Morgan fingerprint density at radius 2 is 2.21 bits per heavy atom. The van der Waals surface area contributed by atoms with Gasteiger partial charge in [-0.1, -0.05) is 18.2 Å². The second kappa shape index (κ2) is 9.21. The molecule has 0 saturated carbocycles. The van der Waals surface area contributed by atoms with Crippen molar-refractivity contribution >= 4 is 11.8 Å². The van der Waals surface area contributed by atoms with Gasteiger partial charge in [-0.25, -0.2) is 5.84 Å². The number of rotatable bonds is 8. The highest BCUT2D eigenvalue weighted by atomic mass is 16.5. The van der Waals surface area contributed by atoms with Gasteiger partial charge in [-0.3, -0.25) is 19.9 Å². The summed E-state index contributed by atoms with van der Waals surface area (Å²) in [6.45, 7) is 2.67. The van der Waals surface area contributed by atoms with Crippen LogP contribution in [0, 0.1) is 0 Å². The fraction of sp³-hybridized carbons (Fsp3) is 0.500. The minimum absolute atomic E-state index is 0.0228. The molecule has 4 N–H and O–H groups in total. The van der Waals surface area contributed by atoms with Crippen molar-refractivity contribution in [2.45, 2.75) is 19.0 Å². The Hall–Kier alpha value is -2.16. The first-order valence-electron chi connectivity index (χ1n) is 7.86. The van der Waals surface area contributed by atoms with Crippen LogP contribution in [0.4, 0.5) is 0 Å². The van der Waals surface area contributed by atoms with Crippen LogP contribution in [0.25, 0.3) is 0 Å². The van der Waals surface area contributed by atoms with E-state index in [0.29, 0.717) is 32.8 Å². The molecule has 0 bridgehead atoms.